The van der Waals surface area contributed by atoms with Crippen molar-refractivity contribution >= 4 is 27.5 Å². The van der Waals surface area contributed by atoms with Gasteiger partial charge in [0.1, 0.15) is 0 Å². The first kappa shape index (κ1) is 12.6. The summed E-state index contributed by atoms with van der Waals surface area (Å²) < 4.78 is 12.8. The maximum Gasteiger partial charge on any atom is 0.166 e. The summed E-state index contributed by atoms with van der Waals surface area (Å²) in [7, 11) is 0. The molecule has 0 fully saturated rings. The molecule has 0 radical (unpaired) electrons. The van der Waals surface area contributed by atoms with Gasteiger partial charge in [-0.3, -0.25) is 0 Å². The van der Waals surface area contributed by atoms with Crippen LogP contribution < -0.4 is 9.47 Å². The van der Waals surface area contributed by atoms with Crippen molar-refractivity contribution in [3.05, 3.63) is 21.7 Å². The van der Waals surface area contributed by atoms with E-state index in [-0.39, 0.29) is 5.38 Å². The zero-order valence-corrected chi connectivity index (χ0v) is 12.7. The predicted molar refractivity (Wildman–Crippen MR) is 76.0 cm³/mol. The van der Waals surface area contributed by atoms with Gasteiger partial charge in [0.05, 0.1) is 18.6 Å². The van der Waals surface area contributed by atoms with Crippen molar-refractivity contribution in [2.24, 2.45) is 0 Å². The smallest absolute Gasteiger partial charge is 0.166 e. The second-order valence-electron chi connectivity index (χ2n) is 5.01. The van der Waals surface area contributed by atoms with Gasteiger partial charge in [-0.15, -0.1) is 11.6 Å². The number of fused-ring (bicyclic) bond motifs is 3. The summed E-state index contributed by atoms with van der Waals surface area (Å²) in [6.45, 7) is 3.66. The molecular weight excluding hydrogens is 316 g/mol. The molecule has 0 aromatic heterocycles. The summed E-state index contributed by atoms with van der Waals surface area (Å²) in [5.41, 5.74) is 2.44. The Kier molecular flexibility index (Phi) is 3.46. The topological polar surface area (TPSA) is 18.5 Å². The van der Waals surface area contributed by atoms with Gasteiger partial charge in [0.2, 0.25) is 0 Å². The van der Waals surface area contributed by atoms with Gasteiger partial charge < -0.3 is 9.47 Å². The summed E-state index contributed by atoms with van der Waals surface area (Å²) >= 11 is 10.2. The van der Waals surface area contributed by atoms with E-state index in [1.165, 1.54) is 5.56 Å². The molecule has 0 saturated heterocycles. The highest BCUT2D eigenvalue weighted by Crippen LogP contribution is 2.52. The fourth-order valence-electron chi connectivity index (χ4n) is 2.81. The minimum Gasteiger partial charge on any atom is -0.490 e. The first-order valence-corrected chi connectivity index (χ1v) is 7.67. The average molecular weight is 332 g/mol. The SMILES string of the molecule is CC1CCC(Cl)c2c3c(cc(Br)c21)OCCCO3. The number of hydrogen-bond donors (Lipinski definition) is 0. The third-order valence-corrected chi connectivity index (χ3v) is 4.82. The van der Waals surface area contributed by atoms with E-state index in [9.17, 15) is 0 Å². The fourth-order valence-corrected chi connectivity index (χ4v) is 3.97. The summed E-state index contributed by atoms with van der Waals surface area (Å²) in [6.07, 6.45) is 3.05. The van der Waals surface area contributed by atoms with Gasteiger partial charge in [-0.2, -0.15) is 0 Å². The van der Waals surface area contributed by atoms with Crippen molar-refractivity contribution < 1.29 is 9.47 Å². The number of ether oxygens (including phenoxy) is 2. The molecule has 3 rings (SSSR count). The van der Waals surface area contributed by atoms with E-state index < -0.39 is 0 Å². The van der Waals surface area contributed by atoms with E-state index in [0.29, 0.717) is 19.1 Å². The number of benzene rings is 1. The Balaban J connectivity index is 2.21. The fraction of sp³-hybridized carbons (Fsp3) is 0.571. The molecule has 0 spiro atoms. The van der Waals surface area contributed by atoms with Crippen molar-refractivity contribution in [3.63, 3.8) is 0 Å². The van der Waals surface area contributed by atoms with Crippen LogP contribution in [0.5, 0.6) is 11.5 Å². The molecule has 2 atom stereocenters. The van der Waals surface area contributed by atoms with Crippen LogP contribution in [0.25, 0.3) is 0 Å². The maximum absolute atomic E-state index is 6.52. The molecule has 1 heterocycles. The van der Waals surface area contributed by atoms with E-state index in [4.69, 9.17) is 21.1 Å². The Morgan fingerprint density at radius 2 is 2.00 bits per heavy atom. The van der Waals surface area contributed by atoms with Crippen molar-refractivity contribution in [1.29, 1.82) is 0 Å². The Morgan fingerprint density at radius 1 is 1.22 bits per heavy atom. The third-order valence-electron chi connectivity index (χ3n) is 3.73. The van der Waals surface area contributed by atoms with Crippen molar-refractivity contribution in [3.8, 4) is 11.5 Å². The second-order valence-corrected chi connectivity index (χ2v) is 6.39. The van der Waals surface area contributed by atoms with Gasteiger partial charge in [-0.05, 0) is 30.4 Å². The Morgan fingerprint density at radius 3 is 2.83 bits per heavy atom. The number of halogens is 2. The van der Waals surface area contributed by atoms with Crippen LogP contribution in [0.4, 0.5) is 0 Å². The van der Waals surface area contributed by atoms with E-state index in [0.717, 1.165) is 40.8 Å². The molecular formula is C14H16BrClO2. The molecule has 2 unspecified atom stereocenters. The lowest BCUT2D eigenvalue weighted by atomic mass is 9.83. The second kappa shape index (κ2) is 4.93. The third kappa shape index (κ3) is 2.01. The molecule has 0 bridgehead atoms. The summed E-state index contributed by atoms with van der Waals surface area (Å²) in [5.74, 6) is 2.22. The van der Waals surface area contributed by atoms with Crippen LogP contribution in [0.3, 0.4) is 0 Å². The minimum absolute atomic E-state index is 0.0316. The van der Waals surface area contributed by atoms with Gasteiger partial charge in [0.15, 0.2) is 11.5 Å². The number of alkyl halides is 1. The minimum atomic E-state index is 0.0316. The molecule has 1 aliphatic heterocycles. The molecule has 18 heavy (non-hydrogen) atoms. The van der Waals surface area contributed by atoms with E-state index in [1.807, 2.05) is 6.07 Å². The van der Waals surface area contributed by atoms with Crippen LogP contribution in [0.1, 0.15) is 48.6 Å². The summed E-state index contributed by atoms with van der Waals surface area (Å²) in [6, 6.07) is 2.03. The summed E-state index contributed by atoms with van der Waals surface area (Å²) in [4.78, 5) is 0. The highest BCUT2D eigenvalue weighted by Gasteiger charge is 2.31. The Labute approximate surface area is 121 Å². The predicted octanol–water partition coefficient (Wildman–Crippen LogP) is 4.79. The Bertz CT molecular complexity index is 475. The zero-order valence-electron chi connectivity index (χ0n) is 10.3. The van der Waals surface area contributed by atoms with Crippen molar-refractivity contribution in [2.45, 2.75) is 37.5 Å². The van der Waals surface area contributed by atoms with Crippen LogP contribution in [-0.4, -0.2) is 13.2 Å². The van der Waals surface area contributed by atoms with Crippen LogP contribution in [0.15, 0.2) is 10.5 Å². The first-order chi connectivity index (χ1) is 8.68. The molecule has 2 nitrogen and oxygen atoms in total. The number of rotatable bonds is 0. The van der Waals surface area contributed by atoms with E-state index in [2.05, 4.69) is 22.9 Å². The monoisotopic (exact) mass is 330 g/mol. The largest absolute Gasteiger partial charge is 0.490 e. The molecule has 1 aromatic rings. The van der Waals surface area contributed by atoms with Crippen LogP contribution in [-0.2, 0) is 0 Å². The first-order valence-electron chi connectivity index (χ1n) is 6.44. The van der Waals surface area contributed by atoms with Crippen molar-refractivity contribution in [1.82, 2.24) is 0 Å². The van der Waals surface area contributed by atoms with Gasteiger partial charge in [0.25, 0.3) is 0 Å². The van der Waals surface area contributed by atoms with Gasteiger partial charge in [-0.1, -0.05) is 22.9 Å². The molecule has 0 N–H and O–H groups in total. The van der Waals surface area contributed by atoms with Gasteiger partial charge >= 0.3 is 0 Å². The van der Waals surface area contributed by atoms with Crippen LogP contribution in [0.2, 0.25) is 0 Å². The number of hydrogen-bond acceptors (Lipinski definition) is 2. The maximum atomic E-state index is 6.52. The van der Waals surface area contributed by atoms with Crippen LogP contribution in [0, 0.1) is 0 Å². The molecule has 0 saturated carbocycles. The molecule has 0 amide bonds. The lowest BCUT2D eigenvalue weighted by Gasteiger charge is -2.29. The van der Waals surface area contributed by atoms with Crippen molar-refractivity contribution in [2.75, 3.05) is 13.2 Å². The molecule has 4 heteroatoms. The van der Waals surface area contributed by atoms with E-state index >= 15 is 0 Å². The van der Waals surface area contributed by atoms with Crippen LogP contribution >= 0.6 is 27.5 Å². The zero-order chi connectivity index (χ0) is 12.7. The molecule has 98 valence electrons. The lowest BCUT2D eigenvalue weighted by Crippen LogP contribution is -2.12. The quantitative estimate of drug-likeness (QED) is 0.636. The normalized spacial score (nSPS) is 26.4. The van der Waals surface area contributed by atoms with E-state index in [1.54, 1.807) is 0 Å². The molecule has 1 aliphatic carbocycles. The highest BCUT2D eigenvalue weighted by molar-refractivity contribution is 9.10. The Hall–Kier alpha value is -0.410. The molecule has 1 aromatic carbocycles. The average Bonchev–Trinajstić information content (AvgIpc) is 2.58. The molecule has 2 aliphatic rings. The van der Waals surface area contributed by atoms with Gasteiger partial charge in [-0.25, -0.2) is 0 Å². The van der Waals surface area contributed by atoms with Gasteiger partial charge in [0, 0.05) is 16.5 Å². The lowest BCUT2D eigenvalue weighted by molar-refractivity contribution is 0.295. The highest BCUT2D eigenvalue weighted by atomic mass is 79.9. The standard InChI is InChI=1S/C14H16BrClO2/c1-8-3-4-10(16)13-12(8)9(15)7-11-14(13)18-6-2-5-17-11/h7-8,10H,2-6H2,1H3. The summed E-state index contributed by atoms with van der Waals surface area (Å²) in [5, 5.41) is 0.0316.